The number of anilines is 1. The summed E-state index contributed by atoms with van der Waals surface area (Å²) in [5, 5.41) is 20.8. The summed E-state index contributed by atoms with van der Waals surface area (Å²) in [4.78, 5) is 22.6. The summed E-state index contributed by atoms with van der Waals surface area (Å²) >= 11 is 0. The minimum Gasteiger partial charge on any atom is -0.507 e. The number of benzene rings is 1. The number of carboxylic acid groups (broad SMARTS) is 1. The fraction of sp³-hybridized carbons (Fsp3) is 0.500. The second kappa shape index (κ2) is 8.92. The van der Waals surface area contributed by atoms with Crippen LogP contribution >= 0.6 is 0 Å². The van der Waals surface area contributed by atoms with Gasteiger partial charge in [-0.05, 0) is 30.5 Å². The van der Waals surface area contributed by atoms with E-state index in [4.69, 9.17) is 9.84 Å². The minimum atomic E-state index is -1.26. The van der Waals surface area contributed by atoms with Gasteiger partial charge in [0.2, 0.25) is 0 Å². The Labute approximate surface area is 130 Å². The molecular formula is C16H23NO5. The SMILES string of the molecule is CCCCC(CC)COC(=O)Nc1ccc(O)c(C(=O)O)c1. The van der Waals surface area contributed by atoms with E-state index < -0.39 is 12.1 Å². The molecule has 22 heavy (non-hydrogen) atoms. The molecule has 1 rings (SSSR count). The molecule has 1 atom stereocenters. The van der Waals surface area contributed by atoms with E-state index >= 15 is 0 Å². The lowest BCUT2D eigenvalue weighted by atomic mass is 10.0. The standard InChI is InChI=1S/C16H23NO5/c1-3-5-6-11(4-2)10-22-16(21)17-12-7-8-14(18)13(9-12)15(19)20/h7-9,11,18H,3-6,10H2,1-2H3,(H,17,21)(H,19,20). The number of rotatable bonds is 8. The van der Waals surface area contributed by atoms with Crippen LogP contribution in [0.1, 0.15) is 49.9 Å². The van der Waals surface area contributed by atoms with Crippen molar-refractivity contribution in [3.63, 3.8) is 0 Å². The lowest BCUT2D eigenvalue weighted by molar-refractivity contribution is 0.0693. The lowest BCUT2D eigenvalue weighted by Gasteiger charge is -2.15. The Morgan fingerprint density at radius 1 is 1.32 bits per heavy atom. The number of carbonyl (C=O) groups excluding carboxylic acids is 1. The molecule has 1 amide bonds. The zero-order valence-electron chi connectivity index (χ0n) is 13.0. The molecule has 0 aliphatic carbocycles. The van der Waals surface area contributed by atoms with Crippen molar-refractivity contribution in [3.05, 3.63) is 23.8 Å². The first-order valence-electron chi connectivity index (χ1n) is 7.48. The summed E-state index contributed by atoms with van der Waals surface area (Å²) in [6, 6.07) is 3.82. The maximum absolute atomic E-state index is 11.7. The van der Waals surface area contributed by atoms with E-state index in [1.165, 1.54) is 18.2 Å². The lowest BCUT2D eigenvalue weighted by Crippen LogP contribution is -2.19. The van der Waals surface area contributed by atoms with Crippen molar-refractivity contribution in [1.29, 1.82) is 0 Å². The average Bonchev–Trinajstić information content (AvgIpc) is 2.49. The Bertz CT molecular complexity index is 515. The first kappa shape index (κ1) is 17.8. The first-order chi connectivity index (χ1) is 10.5. The van der Waals surface area contributed by atoms with Gasteiger partial charge < -0.3 is 14.9 Å². The van der Waals surface area contributed by atoms with Gasteiger partial charge in [-0.25, -0.2) is 9.59 Å². The Morgan fingerprint density at radius 3 is 2.64 bits per heavy atom. The zero-order chi connectivity index (χ0) is 16.5. The molecule has 0 spiro atoms. The number of unbranched alkanes of at least 4 members (excludes halogenated alkanes) is 1. The Balaban J connectivity index is 2.54. The molecule has 1 aromatic rings. The average molecular weight is 309 g/mol. The smallest absolute Gasteiger partial charge is 0.411 e. The van der Waals surface area contributed by atoms with Crippen molar-refractivity contribution < 1.29 is 24.5 Å². The number of phenols is 1. The molecule has 0 aliphatic heterocycles. The van der Waals surface area contributed by atoms with Crippen LogP contribution in [0.4, 0.5) is 10.5 Å². The van der Waals surface area contributed by atoms with Crippen LogP contribution in [0, 0.1) is 5.92 Å². The summed E-state index contributed by atoms with van der Waals surface area (Å²) < 4.78 is 5.17. The van der Waals surface area contributed by atoms with Gasteiger partial charge in [0.25, 0.3) is 0 Å². The van der Waals surface area contributed by atoms with Crippen LogP contribution in [0.5, 0.6) is 5.75 Å². The molecule has 0 aromatic heterocycles. The Kier molecular flexibility index (Phi) is 7.22. The molecule has 0 fully saturated rings. The van der Waals surface area contributed by atoms with Gasteiger partial charge in [0.05, 0.1) is 6.61 Å². The van der Waals surface area contributed by atoms with Crippen molar-refractivity contribution in [3.8, 4) is 5.75 Å². The Morgan fingerprint density at radius 2 is 2.05 bits per heavy atom. The van der Waals surface area contributed by atoms with Gasteiger partial charge in [-0.3, -0.25) is 5.32 Å². The van der Waals surface area contributed by atoms with Gasteiger partial charge >= 0.3 is 12.1 Å². The molecule has 0 saturated carbocycles. The molecule has 0 radical (unpaired) electrons. The number of aromatic hydroxyl groups is 1. The molecular weight excluding hydrogens is 286 g/mol. The number of carbonyl (C=O) groups is 2. The normalized spacial score (nSPS) is 11.7. The first-order valence-corrected chi connectivity index (χ1v) is 7.48. The molecule has 0 saturated heterocycles. The monoisotopic (exact) mass is 309 g/mol. The molecule has 6 heteroatoms. The quantitative estimate of drug-likeness (QED) is 0.634. The van der Waals surface area contributed by atoms with Gasteiger partial charge in [-0.1, -0.05) is 33.1 Å². The van der Waals surface area contributed by atoms with Crippen molar-refractivity contribution in [2.24, 2.45) is 5.92 Å². The predicted octanol–water partition coefficient (Wildman–Crippen LogP) is 3.86. The highest BCUT2D eigenvalue weighted by Crippen LogP contribution is 2.21. The van der Waals surface area contributed by atoms with Crippen molar-refractivity contribution in [1.82, 2.24) is 0 Å². The third-order valence-electron chi connectivity index (χ3n) is 3.47. The molecule has 1 unspecified atom stereocenters. The van der Waals surface area contributed by atoms with E-state index in [-0.39, 0.29) is 17.0 Å². The molecule has 0 bridgehead atoms. The molecule has 6 nitrogen and oxygen atoms in total. The zero-order valence-corrected chi connectivity index (χ0v) is 13.0. The van der Waals surface area contributed by atoms with Crippen LogP contribution in [0.3, 0.4) is 0 Å². The molecule has 3 N–H and O–H groups in total. The van der Waals surface area contributed by atoms with E-state index in [1.54, 1.807) is 0 Å². The van der Waals surface area contributed by atoms with E-state index in [0.717, 1.165) is 25.7 Å². The summed E-state index contributed by atoms with van der Waals surface area (Å²) in [6.07, 6.45) is 3.53. The van der Waals surface area contributed by atoms with Gasteiger partial charge in [0.1, 0.15) is 11.3 Å². The second-order valence-corrected chi connectivity index (χ2v) is 5.18. The third kappa shape index (κ3) is 5.63. The van der Waals surface area contributed by atoms with Crippen molar-refractivity contribution >= 4 is 17.7 Å². The van der Waals surface area contributed by atoms with Gasteiger partial charge in [0, 0.05) is 5.69 Å². The van der Waals surface area contributed by atoms with E-state index in [9.17, 15) is 14.7 Å². The number of hydrogen-bond acceptors (Lipinski definition) is 4. The van der Waals surface area contributed by atoms with Crippen LogP contribution in [0.25, 0.3) is 0 Å². The number of carboxylic acids is 1. The highest BCUT2D eigenvalue weighted by atomic mass is 16.5. The summed E-state index contributed by atoms with van der Waals surface area (Å²) in [6.45, 7) is 4.51. The predicted molar refractivity (Wildman–Crippen MR) is 83.3 cm³/mol. The highest BCUT2D eigenvalue weighted by molar-refractivity contribution is 5.93. The number of amides is 1. The minimum absolute atomic E-state index is 0.266. The fourth-order valence-corrected chi connectivity index (χ4v) is 2.03. The van der Waals surface area contributed by atoms with Crippen LogP contribution in [-0.2, 0) is 4.74 Å². The van der Waals surface area contributed by atoms with Gasteiger partial charge in [-0.15, -0.1) is 0 Å². The fourth-order valence-electron chi connectivity index (χ4n) is 2.03. The van der Waals surface area contributed by atoms with E-state index in [2.05, 4.69) is 19.2 Å². The number of aromatic carboxylic acids is 1. The van der Waals surface area contributed by atoms with Crippen molar-refractivity contribution in [2.45, 2.75) is 39.5 Å². The van der Waals surface area contributed by atoms with E-state index in [0.29, 0.717) is 12.5 Å². The summed E-state index contributed by atoms with van der Waals surface area (Å²) in [7, 11) is 0. The van der Waals surface area contributed by atoms with Gasteiger partial charge in [-0.2, -0.15) is 0 Å². The molecule has 0 aliphatic rings. The van der Waals surface area contributed by atoms with E-state index in [1.807, 2.05) is 0 Å². The second-order valence-electron chi connectivity index (χ2n) is 5.18. The molecule has 1 aromatic carbocycles. The van der Waals surface area contributed by atoms with Crippen molar-refractivity contribution in [2.75, 3.05) is 11.9 Å². The third-order valence-corrected chi connectivity index (χ3v) is 3.47. The topological polar surface area (TPSA) is 95.9 Å². The Hall–Kier alpha value is -2.24. The maximum Gasteiger partial charge on any atom is 0.411 e. The van der Waals surface area contributed by atoms with Crippen LogP contribution in [0.15, 0.2) is 18.2 Å². The van der Waals surface area contributed by atoms with Crippen LogP contribution in [-0.4, -0.2) is 28.9 Å². The van der Waals surface area contributed by atoms with Gasteiger partial charge in [0.15, 0.2) is 0 Å². The number of nitrogens with one attached hydrogen (secondary N) is 1. The van der Waals surface area contributed by atoms with Crippen LogP contribution < -0.4 is 5.32 Å². The number of hydrogen-bond donors (Lipinski definition) is 3. The summed E-state index contributed by atoms with van der Waals surface area (Å²) in [5.41, 5.74) is -0.00557. The van der Waals surface area contributed by atoms with Crippen LogP contribution in [0.2, 0.25) is 0 Å². The largest absolute Gasteiger partial charge is 0.507 e. The molecule has 122 valence electrons. The molecule has 0 heterocycles. The number of ether oxygens (including phenoxy) is 1. The highest BCUT2D eigenvalue weighted by Gasteiger charge is 2.13. The maximum atomic E-state index is 11.7. The summed E-state index contributed by atoms with van der Waals surface area (Å²) in [5.74, 6) is -1.28.